The maximum Gasteiger partial charge on any atom is 0.201 e. The van der Waals surface area contributed by atoms with Crippen LogP contribution in [0.1, 0.15) is 19.0 Å². The van der Waals surface area contributed by atoms with Crippen molar-refractivity contribution in [3.63, 3.8) is 0 Å². The van der Waals surface area contributed by atoms with Crippen LogP contribution < -0.4 is 5.73 Å². The van der Waals surface area contributed by atoms with Gasteiger partial charge in [-0.25, -0.2) is 4.98 Å². The summed E-state index contributed by atoms with van der Waals surface area (Å²) < 4.78 is 3.03. The zero-order valence-corrected chi connectivity index (χ0v) is 8.63. The molecule has 1 atom stereocenters. The molecule has 0 aliphatic carbocycles. The van der Waals surface area contributed by atoms with E-state index in [2.05, 4.69) is 32.4 Å². The zero-order chi connectivity index (χ0) is 8.72. The number of anilines is 1. The normalized spacial score (nSPS) is 22.3. The molecule has 2 heterocycles. The van der Waals surface area contributed by atoms with E-state index in [1.165, 1.54) is 12.1 Å². The average molecular weight is 230 g/mol. The highest BCUT2D eigenvalue weighted by atomic mass is 79.9. The highest BCUT2D eigenvalue weighted by molar-refractivity contribution is 9.10. The second kappa shape index (κ2) is 2.76. The molecule has 0 saturated heterocycles. The van der Waals surface area contributed by atoms with Gasteiger partial charge in [0.25, 0.3) is 0 Å². The van der Waals surface area contributed by atoms with E-state index >= 15 is 0 Å². The maximum absolute atomic E-state index is 5.75. The molecule has 1 aromatic heterocycles. The third-order valence-corrected chi connectivity index (χ3v) is 3.06. The Morgan fingerprint density at radius 2 is 2.42 bits per heavy atom. The molecule has 66 valence electrons. The number of nitrogen functional groups attached to an aromatic ring is 1. The van der Waals surface area contributed by atoms with E-state index in [1.807, 2.05) is 0 Å². The summed E-state index contributed by atoms with van der Waals surface area (Å²) in [6.07, 6.45) is 2.33. The predicted octanol–water partition coefficient (Wildman–Crippen LogP) is 1.81. The summed E-state index contributed by atoms with van der Waals surface area (Å²) in [7, 11) is 0. The third kappa shape index (κ3) is 1.14. The number of imidazole rings is 1. The van der Waals surface area contributed by atoms with Crippen LogP contribution in [0.25, 0.3) is 0 Å². The minimum atomic E-state index is 0.642. The van der Waals surface area contributed by atoms with E-state index in [4.69, 9.17) is 5.73 Å². The molecule has 12 heavy (non-hydrogen) atoms. The van der Waals surface area contributed by atoms with Crippen LogP contribution in [0.15, 0.2) is 4.60 Å². The van der Waals surface area contributed by atoms with E-state index in [0.717, 1.165) is 23.5 Å². The van der Waals surface area contributed by atoms with Gasteiger partial charge in [-0.15, -0.1) is 0 Å². The Morgan fingerprint density at radius 1 is 1.67 bits per heavy atom. The topological polar surface area (TPSA) is 43.8 Å². The first kappa shape index (κ1) is 8.10. The molecule has 2 rings (SSSR count). The van der Waals surface area contributed by atoms with Crippen LogP contribution in [0.2, 0.25) is 0 Å². The highest BCUT2D eigenvalue weighted by Gasteiger charge is 2.20. The monoisotopic (exact) mass is 229 g/mol. The smallest absolute Gasteiger partial charge is 0.201 e. The number of hydrogen-bond donors (Lipinski definition) is 1. The average Bonchev–Trinajstić information content (AvgIpc) is 2.28. The molecule has 0 saturated carbocycles. The third-order valence-electron chi connectivity index (χ3n) is 2.42. The first-order chi connectivity index (χ1) is 5.68. The van der Waals surface area contributed by atoms with Crippen molar-refractivity contribution in [3.8, 4) is 0 Å². The summed E-state index contributed by atoms with van der Waals surface area (Å²) in [5.74, 6) is 1.37. The summed E-state index contributed by atoms with van der Waals surface area (Å²) in [5, 5.41) is 0. The molecular weight excluding hydrogens is 218 g/mol. The lowest BCUT2D eigenvalue weighted by Crippen LogP contribution is -2.19. The lowest BCUT2D eigenvalue weighted by atomic mass is 10.0. The summed E-state index contributed by atoms with van der Waals surface area (Å²) in [4.78, 5) is 4.18. The van der Waals surface area contributed by atoms with Crippen LogP contribution in [0.3, 0.4) is 0 Å². The van der Waals surface area contributed by atoms with E-state index in [1.54, 1.807) is 0 Å². The van der Waals surface area contributed by atoms with Gasteiger partial charge in [0.1, 0.15) is 4.60 Å². The lowest BCUT2D eigenvalue weighted by Gasteiger charge is -2.21. The Bertz CT molecular complexity index is 305. The Kier molecular flexibility index (Phi) is 1.87. The summed E-state index contributed by atoms with van der Waals surface area (Å²) in [6.45, 7) is 3.26. The van der Waals surface area contributed by atoms with Crippen LogP contribution in [0.4, 0.5) is 5.95 Å². The number of nitrogens with two attached hydrogens (primary N) is 1. The fourth-order valence-electron chi connectivity index (χ4n) is 1.70. The van der Waals surface area contributed by atoms with Gasteiger partial charge >= 0.3 is 0 Å². The van der Waals surface area contributed by atoms with E-state index in [-0.39, 0.29) is 0 Å². The van der Waals surface area contributed by atoms with E-state index < -0.39 is 0 Å². The largest absolute Gasteiger partial charge is 0.369 e. The predicted molar refractivity (Wildman–Crippen MR) is 51.8 cm³/mol. The van der Waals surface area contributed by atoms with Gasteiger partial charge in [0.05, 0.1) is 5.69 Å². The number of fused-ring (bicyclic) bond motifs is 1. The second-order valence-electron chi connectivity index (χ2n) is 3.46. The minimum Gasteiger partial charge on any atom is -0.369 e. The van der Waals surface area contributed by atoms with Gasteiger partial charge in [-0.1, -0.05) is 6.92 Å². The van der Waals surface area contributed by atoms with Crippen molar-refractivity contribution in [1.29, 1.82) is 0 Å². The zero-order valence-electron chi connectivity index (χ0n) is 7.05. The molecule has 1 aliphatic heterocycles. The maximum atomic E-state index is 5.75. The fraction of sp³-hybridized carbons (Fsp3) is 0.625. The van der Waals surface area contributed by atoms with Crippen molar-refractivity contribution in [3.05, 3.63) is 10.3 Å². The van der Waals surface area contributed by atoms with Gasteiger partial charge in [-0.3, -0.25) is 0 Å². The SMILES string of the molecule is CC1CCc2c(Br)nc(N)n2C1. The first-order valence-corrected chi connectivity index (χ1v) is 4.98. The Morgan fingerprint density at radius 3 is 3.17 bits per heavy atom. The highest BCUT2D eigenvalue weighted by Crippen LogP contribution is 2.27. The van der Waals surface area contributed by atoms with Crippen molar-refractivity contribution < 1.29 is 0 Å². The van der Waals surface area contributed by atoms with Gasteiger partial charge in [-0.05, 0) is 34.7 Å². The fourth-order valence-corrected chi connectivity index (χ4v) is 2.30. The molecular formula is C8H12BrN3. The van der Waals surface area contributed by atoms with Crippen LogP contribution in [-0.2, 0) is 13.0 Å². The number of nitrogens with zero attached hydrogens (tertiary/aromatic N) is 2. The standard InChI is InChI=1S/C8H12BrN3/c1-5-2-3-6-7(9)11-8(10)12(6)4-5/h5H,2-4H2,1H3,(H2,10,11). The molecule has 0 spiro atoms. The molecule has 2 N–H and O–H groups in total. The number of rotatable bonds is 0. The van der Waals surface area contributed by atoms with Gasteiger partial charge in [-0.2, -0.15) is 0 Å². The molecule has 1 aromatic rings. The lowest BCUT2D eigenvalue weighted by molar-refractivity contribution is 0.402. The molecule has 0 fully saturated rings. The summed E-state index contributed by atoms with van der Waals surface area (Å²) >= 11 is 3.41. The molecule has 0 aromatic carbocycles. The van der Waals surface area contributed by atoms with Gasteiger partial charge in [0.15, 0.2) is 0 Å². The quantitative estimate of drug-likeness (QED) is 0.738. The molecule has 4 heteroatoms. The number of hydrogen-bond acceptors (Lipinski definition) is 2. The molecule has 0 bridgehead atoms. The van der Waals surface area contributed by atoms with Crippen LogP contribution in [0.5, 0.6) is 0 Å². The molecule has 1 unspecified atom stereocenters. The van der Waals surface area contributed by atoms with E-state index in [0.29, 0.717) is 5.95 Å². The molecule has 0 radical (unpaired) electrons. The van der Waals surface area contributed by atoms with Crippen LogP contribution >= 0.6 is 15.9 Å². The number of halogens is 1. The van der Waals surface area contributed by atoms with Gasteiger partial charge in [0.2, 0.25) is 5.95 Å². The molecule has 1 aliphatic rings. The summed E-state index contributed by atoms with van der Waals surface area (Å²) in [6, 6.07) is 0. The molecule has 0 amide bonds. The van der Waals surface area contributed by atoms with Crippen molar-refractivity contribution in [1.82, 2.24) is 9.55 Å². The number of aromatic nitrogens is 2. The van der Waals surface area contributed by atoms with Crippen molar-refractivity contribution in [2.75, 3.05) is 5.73 Å². The van der Waals surface area contributed by atoms with Crippen LogP contribution in [0, 0.1) is 5.92 Å². The Hall–Kier alpha value is -0.510. The van der Waals surface area contributed by atoms with E-state index in [9.17, 15) is 0 Å². The van der Waals surface area contributed by atoms with Crippen molar-refractivity contribution in [2.45, 2.75) is 26.3 Å². The second-order valence-corrected chi connectivity index (χ2v) is 4.21. The summed E-state index contributed by atoms with van der Waals surface area (Å²) in [5.41, 5.74) is 7.00. The van der Waals surface area contributed by atoms with Gasteiger partial charge in [0, 0.05) is 6.54 Å². The van der Waals surface area contributed by atoms with Crippen molar-refractivity contribution in [2.24, 2.45) is 5.92 Å². The Labute approximate surface area is 80.1 Å². The first-order valence-electron chi connectivity index (χ1n) is 4.19. The van der Waals surface area contributed by atoms with Crippen LogP contribution in [-0.4, -0.2) is 9.55 Å². The van der Waals surface area contributed by atoms with Gasteiger partial charge < -0.3 is 10.3 Å². The van der Waals surface area contributed by atoms with Crippen molar-refractivity contribution >= 4 is 21.9 Å². The minimum absolute atomic E-state index is 0.642. The Balaban J connectivity index is 2.45. The molecule has 3 nitrogen and oxygen atoms in total.